The molecule has 1 aromatic carbocycles. The minimum absolute atomic E-state index is 0.000507. The summed E-state index contributed by atoms with van der Waals surface area (Å²) in [5, 5.41) is 6.24. The Morgan fingerprint density at radius 3 is 2.77 bits per heavy atom. The molecule has 2 N–H and O–H groups in total. The van der Waals surface area contributed by atoms with Crippen LogP contribution in [0.3, 0.4) is 0 Å². The Balaban J connectivity index is 1.90. The van der Waals surface area contributed by atoms with E-state index in [2.05, 4.69) is 17.6 Å². The molecule has 1 aliphatic carbocycles. The minimum Gasteiger partial charge on any atom is -0.493 e. The van der Waals surface area contributed by atoms with Crippen molar-refractivity contribution in [3.05, 3.63) is 23.8 Å². The number of amides is 1. The summed E-state index contributed by atoms with van der Waals surface area (Å²) in [6, 6.07) is 6.37. The van der Waals surface area contributed by atoms with Gasteiger partial charge in [-0.3, -0.25) is 4.79 Å². The van der Waals surface area contributed by atoms with Gasteiger partial charge in [0.2, 0.25) is 0 Å². The molecule has 0 aromatic heterocycles. The zero-order valence-electron chi connectivity index (χ0n) is 13.6. The summed E-state index contributed by atoms with van der Waals surface area (Å²) in [4.78, 5) is 11.4. The van der Waals surface area contributed by atoms with Crippen molar-refractivity contribution in [3.63, 3.8) is 0 Å². The fourth-order valence-corrected chi connectivity index (χ4v) is 2.37. The van der Waals surface area contributed by atoms with Crippen LogP contribution in [0.4, 0.5) is 0 Å². The maximum atomic E-state index is 11.4. The predicted molar refractivity (Wildman–Crippen MR) is 86.2 cm³/mol. The van der Waals surface area contributed by atoms with Crippen LogP contribution in [-0.4, -0.2) is 32.2 Å². The van der Waals surface area contributed by atoms with Gasteiger partial charge in [0, 0.05) is 19.1 Å². The number of nitrogens with one attached hydrogen (secondary N) is 2. The van der Waals surface area contributed by atoms with Gasteiger partial charge in [0.05, 0.1) is 7.11 Å². The van der Waals surface area contributed by atoms with Crippen molar-refractivity contribution >= 4 is 5.91 Å². The van der Waals surface area contributed by atoms with Crippen LogP contribution in [0.25, 0.3) is 0 Å². The van der Waals surface area contributed by atoms with E-state index in [1.165, 1.54) is 12.8 Å². The van der Waals surface area contributed by atoms with E-state index in [1.807, 2.05) is 25.1 Å². The molecular weight excluding hydrogens is 280 g/mol. The van der Waals surface area contributed by atoms with Crippen molar-refractivity contribution < 1.29 is 14.3 Å². The highest BCUT2D eigenvalue weighted by Crippen LogP contribution is 2.33. The third kappa shape index (κ3) is 4.91. The second-order valence-corrected chi connectivity index (χ2v) is 5.73. The van der Waals surface area contributed by atoms with E-state index in [0.717, 1.165) is 18.0 Å². The lowest BCUT2D eigenvalue weighted by molar-refractivity contribution is -0.123. The van der Waals surface area contributed by atoms with Gasteiger partial charge in [-0.25, -0.2) is 0 Å². The van der Waals surface area contributed by atoms with Crippen molar-refractivity contribution in [2.24, 2.45) is 5.92 Å². The van der Waals surface area contributed by atoms with Gasteiger partial charge >= 0.3 is 0 Å². The maximum absolute atomic E-state index is 11.4. The Hall–Kier alpha value is -1.75. The van der Waals surface area contributed by atoms with Crippen LogP contribution in [0.1, 0.15) is 32.3 Å². The zero-order valence-corrected chi connectivity index (χ0v) is 13.6. The summed E-state index contributed by atoms with van der Waals surface area (Å²) >= 11 is 0. The molecule has 0 heterocycles. The number of hydrogen-bond acceptors (Lipinski definition) is 4. The Morgan fingerprint density at radius 2 is 2.14 bits per heavy atom. The van der Waals surface area contributed by atoms with E-state index in [1.54, 1.807) is 7.11 Å². The predicted octanol–water partition coefficient (Wildman–Crippen LogP) is 2.10. The minimum atomic E-state index is -0.131. The number of ether oxygens (including phenoxy) is 2. The van der Waals surface area contributed by atoms with E-state index < -0.39 is 0 Å². The summed E-state index contributed by atoms with van der Waals surface area (Å²) in [6.07, 6.45) is 2.67. The normalized spacial score (nSPS) is 15.2. The third-order valence-corrected chi connectivity index (χ3v) is 3.92. The Labute approximate surface area is 132 Å². The smallest absolute Gasteiger partial charge is 0.257 e. The maximum Gasteiger partial charge on any atom is 0.257 e. The first-order valence-electron chi connectivity index (χ1n) is 7.93. The zero-order chi connectivity index (χ0) is 15.9. The van der Waals surface area contributed by atoms with E-state index in [-0.39, 0.29) is 12.5 Å². The van der Waals surface area contributed by atoms with Crippen molar-refractivity contribution in [3.8, 4) is 11.5 Å². The van der Waals surface area contributed by atoms with E-state index in [0.29, 0.717) is 24.1 Å². The van der Waals surface area contributed by atoms with Gasteiger partial charge < -0.3 is 20.1 Å². The number of benzene rings is 1. The molecule has 122 valence electrons. The van der Waals surface area contributed by atoms with Crippen molar-refractivity contribution in [2.45, 2.75) is 39.3 Å². The molecule has 0 bridgehead atoms. The van der Waals surface area contributed by atoms with Crippen molar-refractivity contribution in [2.75, 3.05) is 20.3 Å². The van der Waals surface area contributed by atoms with Crippen LogP contribution in [-0.2, 0) is 11.3 Å². The quantitative estimate of drug-likeness (QED) is 0.733. The van der Waals surface area contributed by atoms with Crippen LogP contribution in [0.15, 0.2) is 18.2 Å². The molecule has 1 atom stereocenters. The summed E-state index contributed by atoms with van der Waals surface area (Å²) in [6.45, 7) is 5.52. The molecule has 1 fully saturated rings. The second-order valence-electron chi connectivity index (χ2n) is 5.73. The standard InChI is InChI=1S/C17H26N2O3/c1-4-18-17(20)11-22-15-8-5-13(9-16(15)21-3)10-19-12(2)14-6-7-14/h5,8-9,12,14,19H,4,6-7,10-11H2,1-3H3,(H,18,20). The van der Waals surface area contributed by atoms with Crippen LogP contribution in [0.2, 0.25) is 0 Å². The highest BCUT2D eigenvalue weighted by molar-refractivity contribution is 5.77. The molecule has 2 rings (SSSR count). The van der Waals surface area contributed by atoms with E-state index in [9.17, 15) is 4.79 Å². The van der Waals surface area contributed by atoms with Crippen LogP contribution >= 0.6 is 0 Å². The lowest BCUT2D eigenvalue weighted by atomic mass is 10.1. The van der Waals surface area contributed by atoms with Crippen LogP contribution < -0.4 is 20.1 Å². The number of methoxy groups -OCH3 is 1. The largest absolute Gasteiger partial charge is 0.493 e. The number of carbonyl (C=O) groups excluding carboxylic acids is 1. The molecule has 1 amide bonds. The number of carbonyl (C=O) groups is 1. The van der Waals surface area contributed by atoms with Crippen molar-refractivity contribution in [1.29, 1.82) is 0 Å². The Kier molecular flexibility index (Phi) is 6.07. The first kappa shape index (κ1) is 16.6. The first-order valence-corrected chi connectivity index (χ1v) is 7.93. The van der Waals surface area contributed by atoms with Crippen LogP contribution in [0, 0.1) is 5.92 Å². The number of likely N-dealkylation sites (N-methyl/N-ethyl adjacent to an activating group) is 1. The lowest BCUT2D eigenvalue weighted by Gasteiger charge is -2.15. The molecule has 0 aliphatic heterocycles. The first-order chi connectivity index (χ1) is 10.6. The third-order valence-electron chi connectivity index (χ3n) is 3.92. The van der Waals surface area contributed by atoms with Crippen LogP contribution in [0.5, 0.6) is 11.5 Å². The Morgan fingerprint density at radius 1 is 1.36 bits per heavy atom. The van der Waals surface area contributed by atoms with Crippen molar-refractivity contribution in [1.82, 2.24) is 10.6 Å². The molecule has 0 spiro atoms. The molecule has 5 heteroatoms. The van der Waals surface area contributed by atoms with Gasteiger partial charge in [-0.2, -0.15) is 0 Å². The molecule has 1 aliphatic rings. The molecule has 5 nitrogen and oxygen atoms in total. The molecule has 22 heavy (non-hydrogen) atoms. The fraction of sp³-hybridized carbons (Fsp3) is 0.588. The monoisotopic (exact) mass is 306 g/mol. The second kappa shape index (κ2) is 8.03. The summed E-state index contributed by atoms with van der Waals surface area (Å²) < 4.78 is 10.9. The molecular formula is C17H26N2O3. The number of hydrogen-bond donors (Lipinski definition) is 2. The van der Waals surface area contributed by atoms with Gasteiger partial charge in [-0.05, 0) is 50.3 Å². The molecule has 0 radical (unpaired) electrons. The Bertz CT molecular complexity index is 501. The fourth-order valence-electron chi connectivity index (χ4n) is 2.37. The van der Waals surface area contributed by atoms with Gasteiger partial charge in [0.15, 0.2) is 18.1 Å². The molecule has 1 saturated carbocycles. The topological polar surface area (TPSA) is 59.6 Å². The van der Waals surface area contributed by atoms with Gasteiger partial charge in [0.1, 0.15) is 0 Å². The average molecular weight is 306 g/mol. The van der Waals surface area contributed by atoms with Gasteiger partial charge in [0.25, 0.3) is 5.91 Å². The van der Waals surface area contributed by atoms with E-state index >= 15 is 0 Å². The lowest BCUT2D eigenvalue weighted by Crippen LogP contribution is -2.28. The highest BCUT2D eigenvalue weighted by Gasteiger charge is 2.27. The average Bonchev–Trinajstić information content (AvgIpc) is 3.36. The summed E-state index contributed by atoms with van der Waals surface area (Å²) in [7, 11) is 1.61. The van der Waals surface area contributed by atoms with Gasteiger partial charge in [-0.15, -0.1) is 0 Å². The SMILES string of the molecule is CCNC(=O)COc1ccc(CNC(C)C2CC2)cc1OC. The summed E-state index contributed by atoms with van der Waals surface area (Å²) in [5.74, 6) is 1.95. The number of rotatable bonds is 9. The molecule has 0 saturated heterocycles. The summed E-state index contributed by atoms with van der Waals surface area (Å²) in [5.41, 5.74) is 1.15. The molecule has 1 unspecified atom stereocenters. The van der Waals surface area contributed by atoms with E-state index in [4.69, 9.17) is 9.47 Å². The van der Waals surface area contributed by atoms with Gasteiger partial charge in [-0.1, -0.05) is 6.07 Å². The molecule has 1 aromatic rings. The highest BCUT2D eigenvalue weighted by atomic mass is 16.5.